The Hall–Kier alpha value is -0.830. The lowest BCUT2D eigenvalue weighted by atomic mass is 10.2. The summed E-state index contributed by atoms with van der Waals surface area (Å²) in [4.78, 5) is 13.5. The van der Waals surface area contributed by atoms with Gasteiger partial charge >= 0.3 is 0 Å². The lowest BCUT2D eigenvalue weighted by Crippen LogP contribution is -2.32. The monoisotopic (exact) mass is 269 g/mol. The van der Waals surface area contributed by atoms with E-state index in [9.17, 15) is 4.79 Å². The number of alkyl halides is 1. The van der Waals surface area contributed by atoms with E-state index in [0.29, 0.717) is 0 Å². The van der Waals surface area contributed by atoms with E-state index in [4.69, 9.17) is 0 Å². The van der Waals surface area contributed by atoms with E-state index in [-0.39, 0.29) is 10.7 Å². The Morgan fingerprint density at radius 2 is 2.20 bits per heavy atom. The highest BCUT2D eigenvalue weighted by molar-refractivity contribution is 9.10. The molecule has 0 N–H and O–H groups in total. The van der Waals surface area contributed by atoms with Gasteiger partial charge in [0.05, 0.1) is 4.83 Å². The summed E-state index contributed by atoms with van der Waals surface area (Å²) in [7, 11) is 1.81. The Labute approximate surface area is 99.4 Å². The third kappa shape index (κ3) is 3.06. The van der Waals surface area contributed by atoms with Gasteiger partial charge < -0.3 is 4.90 Å². The van der Waals surface area contributed by atoms with Gasteiger partial charge in [-0.2, -0.15) is 0 Å². The van der Waals surface area contributed by atoms with Crippen molar-refractivity contribution >= 4 is 27.5 Å². The van der Waals surface area contributed by atoms with Crippen LogP contribution in [0, 0.1) is 6.92 Å². The number of rotatable bonds is 3. The van der Waals surface area contributed by atoms with Crippen LogP contribution in [0.25, 0.3) is 0 Å². The number of amides is 1. The van der Waals surface area contributed by atoms with Crippen LogP contribution in [0.15, 0.2) is 24.3 Å². The average Bonchev–Trinajstić information content (AvgIpc) is 2.26. The zero-order chi connectivity index (χ0) is 11.4. The highest BCUT2D eigenvalue weighted by Gasteiger charge is 2.18. The van der Waals surface area contributed by atoms with Crippen LogP contribution in [0.4, 0.5) is 5.69 Å². The molecule has 1 aromatic rings. The topological polar surface area (TPSA) is 20.3 Å². The van der Waals surface area contributed by atoms with Crippen molar-refractivity contribution in [2.75, 3.05) is 11.9 Å². The number of carbonyl (C=O) groups excluding carboxylic acids is 1. The van der Waals surface area contributed by atoms with Gasteiger partial charge in [0, 0.05) is 12.7 Å². The molecule has 0 saturated heterocycles. The first-order chi connectivity index (χ1) is 7.06. The molecule has 82 valence electrons. The predicted octanol–water partition coefficient (Wildman–Crippen LogP) is 3.13. The zero-order valence-electron chi connectivity index (χ0n) is 9.33. The molecule has 0 fully saturated rings. The summed E-state index contributed by atoms with van der Waals surface area (Å²) in [6.07, 6.45) is 0.801. The van der Waals surface area contributed by atoms with E-state index in [1.54, 1.807) is 11.9 Å². The van der Waals surface area contributed by atoms with Gasteiger partial charge in [0.25, 0.3) is 0 Å². The molecule has 1 unspecified atom stereocenters. The quantitative estimate of drug-likeness (QED) is 0.773. The summed E-state index contributed by atoms with van der Waals surface area (Å²) in [6, 6.07) is 7.93. The van der Waals surface area contributed by atoms with Crippen LogP contribution < -0.4 is 4.90 Å². The Balaban J connectivity index is 2.85. The van der Waals surface area contributed by atoms with Crippen molar-refractivity contribution in [1.82, 2.24) is 0 Å². The molecule has 1 rings (SSSR count). The molecule has 0 aliphatic carbocycles. The fourth-order valence-corrected chi connectivity index (χ4v) is 1.66. The van der Waals surface area contributed by atoms with E-state index in [1.807, 2.05) is 38.1 Å². The third-order valence-corrected chi connectivity index (χ3v) is 3.39. The number of carbonyl (C=O) groups is 1. The van der Waals surface area contributed by atoms with Gasteiger partial charge in [-0.25, -0.2) is 0 Å². The maximum Gasteiger partial charge on any atom is 0.240 e. The molecule has 1 atom stereocenters. The van der Waals surface area contributed by atoms with Crippen LogP contribution in [0.3, 0.4) is 0 Å². The first-order valence-electron chi connectivity index (χ1n) is 5.04. The maximum atomic E-state index is 11.9. The number of anilines is 1. The van der Waals surface area contributed by atoms with Crippen LogP contribution in [0.5, 0.6) is 0 Å². The van der Waals surface area contributed by atoms with Crippen molar-refractivity contribution in [3.8, 4) is 0 Å². The molecule has 0 aromatic heterocycles. The minimum Gasteiger partial charge on any atom is -0.315 e. The molecule has 0 bridgehead atoms. The number of aryl methyl sites for hydroxylation is 1. The molecule has 0 spiro atoms. The summed E-state index contributed by atoms with van der Waals surface area (Å²) in [6.45, 7) is 4.01. The van der Waals surface area contributed by atoms with E-state index >= 15 is 0 Å². The van der Waals surface area contributed by atoms with Gasteiger partial charge in [-0.15, -0.1) is 0 Å². The number of hydrogen-bond acceptors (Lipinski definition) is 1. The van der Waals surface area contributed by atoms with E-state index in [0.717, 1.165) is 17.7 Å². The number of nitrogens with zero attached hydrogens (tertiary/aromatic N) is 1. The zero-order valence-corrected chi connectivity index (χ0v) is 10.9. The van der Waals surface area contributed by atoms with Crippen molar-refractivity contribution in [1.29, 1.82) is 0 Å². The summed E-state index contributed by atoms with van der Waals surface area (Å²) in [5.41, 5.74) is 2.10. The van der Waals surface area contributed by atoms with Gasteiger partial charge in [-0.1, -0.05) is 35.0 Å². The Morgan fingerprint density at radius 3 is 2.73 bits per heavy atom. The van der Waals surface area contributed by atoms with Gasteiger partial charge in [-0.05, 0) is 31.0 Å². The van der Waals surface area contributed by atoms with Crippen molar-refractivity contribution < 1.29 is 4.79 Å². The van der Waals surface area contributed by atoms with Crippen LogP contribution in [-0.4, -0.2) is 17.8 Å². The summed E-state index contributed by atoms with van der Waals surface area (Å²) < 4.78 is 0. The molecule has 0 radical (unpaired) electrons. The van der Waals surface area contributed by atoms with E-state index in [2.05, 4.69) is 15.9 Å². The molecule has 1 aromatic carbocycles. The molecular formula is C12H16BrNO. The van der Waals surface area contributed by atoms with Gasteiger partial charge in [0.1, 0.15) is 0 Å². The van der Waals surface area contributed by atoms with Crippen LogP contribution >= 0.6 is 15.9 Å². The number of benzene rings is 1. The van der Waals surface area contributed by atoms with Gasteiger partial charge in [0.2, 0.25) is 5.91 Å². The number of hydrogen-bond donors (Lipinski definition) is 0. The summed E-state index contributed by atoms with van der Waals surface area (Å²) in [5.74, 6) is 0.100. The van der Waals surface area contributed by atoms with Crippen molar-refractivity contribution in [3.63, 3.8) is 0 Å². The molecular weight excluding hydrogens is 254 g/mol. The molecule has 15 heavy (non-hydrogen) atoms. The second-order valence-corrected chi connectivity index (χ2v) is 4.72. The molecule has 0 aliphatic heterocycles. The second-order valence-electron chi connectivity index (χ2n) is 3.61. The second kappa shape index (κ2) is 5.31. The maximum absolute atomic E-state index is 11.9. The lowest BCUT2D eigenvalue weighted by Gasteiger charge is -2.20. The first kappa shape index (κ1) is 12.2. The van der Waals surface area contributed by atoms with Crippen LogP contribution in [0.2, 0.25) is 0 Å². The van der Waals surface area contributed by atoms with Gasteiger partial charge in [0.15, 0.2) is 0 Å². The standard InChI is InChI=1S/C12H16BrNO/c1-4-11(13)12(15)14(3)10-7-5-6-9(2)8-10/h5-8,11H,4H2,1-3H3. The fourth-order valence-electron chi connectivity index (χ4n) is 1.35. The smallest absolute Gasteiger partial charge is 0.240 e. The highest BCUT2D eigenvalue weighted by atomic mass is 79.9. The van der Waals surface area contributed by atoms with Gasteiger partial charge in [-0.3, -0.25) is 4.79 Å². The largest absolute Gasteiger partial charge is 0.315 e. The van der Waals surface area contributed by atoms with Crippen molar-refractivity contribution in [3.05, 3.63) is 29.8 Å². The predicted molar refractivity (Wildman–Crippen MR) is 67.6 cm³/mol. The minimum absolute atomic E-state index is 0.0944. The number of halogens is 1. The molecule has 0 saturated carbocycles. The summed E-state index contributed by atoms with van der Waals surface area (Å²) in [5, 5.41) is 0. The van der Waals surface area contributed by atoms with Crippen LogP contribution in [0.1, 0.15) is 18.9 Å². The van der Waals surface area contributed by atoms with Crippen molar-refractivity contribution in [2.24, 2.45) is 0 Å². The molecule has 0 aliphatic rings. The molecule has 1 amide bonds. The highest BCUT2D eigenvalue weighted by Crippen LogP contribution is 2.17. The molecule has 2 nitrogen and oxygen atoms in total. The van der Waals surface area contributed by atoms with Crippen molar-refractivity contribution in [2.45, 2.75) is 25.1 Å². The fraction of sp³-hybridized carbons (Fsp3) is 0.417. The average molecular weight is 270 g/mol. The first-order valence-corrected chi connectivity index (χ1v) is 5.96. The normalized spacial score (nSPS) is 12.3. The minimum atomic E-state index is -0.0944. The molecule has 3 heteroatoms. The van der Waals surface area contributed by atoms with Crippen LogP contribution in [-0.2, 0) is 4.79 Å². The Bertz CT molecular complexity index is 351. The Kier molecular flexibility index (Phi) is 4.33. The molecule has 0 heterocycles. The SMILES string of the molecule is CCC(Br)C(=O)N(C)c1cccc(C)c1. The van der Waals surface area contributed by atoms with E-state index < -0.39 is 0 Å². The third-order valence-electron chi connectivity index (χ3n) is 2.35. The summed E-state index contributed by atoms with van der Waals surface area (Å²) >= 11 is 3.37. The van der Waals surface area contributed by atoms with E-state index in [1.165, 1.54) is 0 Å². The lowest BCUT2D eigenvalue weighted by molar-refractivity contribution is -0.117. The Morgan fingerprint density at radius 1 is 1.53 bits per heavy atom.